The summed E-state index contributed by atoms with van der Waals surface area (Å²) in [5.74, 6) is -0.727. The number of ether oxygens (including phenoxy) is 1. The Morgan fingerprint density at radius 1 is 1.19 bits per heavy atom. The standard InChI is InChI=1S/C10H7N3O3/c14-10(15)7-1-2-11-5-8(7)16-9-6-12-3-4-13-9/h1-6H,(H,14,15). The Labute approximate surface area is 90.6 Å². The van der Waals surface area contributed by atoms with Gasteiger partial charge >= 0.3 is 5.97 Å². The molecule has 16 heavy (non-hydrogen) atoms. The maximum atomic E-state index is 10.9. The third kappa shape index (κ3) is 2.11. The van der Waals surface area contributed by atoms with Crippen molar-refractivity contribution >= 4 is 5.97 Å². The third-order valence-electron chi connectivity index (χ3n) is 1.77. The van der Waals surface area contributed by atoms with Crippen LogP contribution in [0.15, 0.2) is 37.1 Å². The molecule has 0 aliphatic carbocycles. The van der Waals surface area contributed by atoms with Gasteiger partial charge in [-0.3, -0.25) is 9.97 Å². The van der Waals surface area contributed by atoms with E-state index in [1.54, 1.807) is 0 Å². The summed E-state index contributed by atoms with van der Waals surface area (Å²) < 4.78 is 5.25. The lowest BCUT2D eigenvalue weighted by molar-refractivity contribution is 0.0694. The van der Waals surface area contributed by atoms with Crippen LogP contribution in [0, 0.1) is 0 Å². The normalized spacial score (nSPS) is 9.75. The van der Waals surface area contributed by atoms with Gasteiger partial charge in [-0.05, 0) is 6.07 Å². The van der Waals surface area contributed by atoms with E-state index in [0.29, 0.717) is 0 Å². The number of carboxylic acid groups (broad SMARTS) is 1. The summed E-state index contributed by atoms with van der Waals surface area (Å²) in [5.41, 5.74) is 0.0284. The molecule has 0 aromatic carbocycles. The molecule has 0 radical (unpaired) electrons. The number of carbonyl (C=O) groups is 1. The van der Waals surface area contributed by atoms with Crippen molar-refractivity contribution in [3.05, 3.63) is 42.6 Å². The van der Waals surface area contributed by atoms with Gasteiger partial charge in [0.1, 0.15) is 5.56 Å². The molecule has 2 aromatic heterocycles. The molecule has 0 fully saturated rings. The Hall–Kier alpha value is -2.50. The highest BCUT2D eigenvalue weighted by molar-refractivity contribution is 5.90. The quantitative estimate of drug-likeness (QED) is 0.835. The van der Waals surface area contributed by atoms with Gasteiger partial charge in [0.25, 0.3) is 0 Å². The molecule has 2 rings (SSSR count). The molecule has 0 amide bonds. The Kier molecular flexibility index (Phi) is 2.73. The van der Waals surface area contributed by atoms with Crippen LogP contribution in [0.5, 0.6) is 11.6 Å². The molecule has 1 N–H and O–H groups in total. The molecule has 0 bridgehead atoms. The SMILES string of the molecule is O=C(O)c1ccncc1Oc1cnccn1. The fourth-order valence-corrected chi connectivity index (χ4v) is 1.09. The topological polar surface area (TPSA) is 85.2 Å². The van der Waals surface area contributed by atoms with Crippen molar-refractivity contribution in [2.24, 2.45) is 0 Å². The lowest BCUT2D eigenvalue weighted by atomic mass is 10.2. The summed E-state index contributed by atoms with van der Waals surface area (Å²) in [4.78, 5) is 22.3. The predicted molar refractivity (Wildman–Crippen MR) is 53.3 cm³/mol. The van der Waals surface area contributed by atoms with E-state index < -0.39 is 5.97 Å². The molecule has 2 aromatic rings. The van der Waals surface area contributed by atoms with Gasteiger partial charge in [0.15, 0.2) is 5.75 Å². The average Bonchev–Trinajstić information content (AvgIpc) is 2.31. The van der Waals surface area contributed by atoms with Crippen LogP contribution in [0.3, 0.4) is 0 Å². The number of carboxylic acids is 1. The monoisotopic (exact) mass is 217 g/mol. The van der Waals surface area contributed by atoms with E-state index in [1.165, 1.54) is 37.1 Å². The second kappa shape index (κ2) is 4.35. The van der Waals surface area contributed by atoms with Crippen LogP contribution in [0.2, 0.25) is 0 Å². The molecular formula is C10H7N3O3. The summed E-state index contributed by atoms with van der Waals surface area (Å²) in [6, 6.07) is 1.36. The zero-order chi connectivity index (χ0) is 11.4. The molecule has 0 aliphatic heterocycles. The van der Waals surface area contributed by atoms with Crippen LogP contribution < -0.4 is 4.74 Å². The molecule has 0 aliphatic rings. The smallest absolute Gasteiger partial charge is 0.339 e. The third-order valence-corrected chi connectivity index (χ3v) is 1.77. The van der Waals surface area contributed by atoms with Gasteiger partial charge in [-0.25, -0.2) is 9.78 Å². The van der Waals surface area contributed by atoms with Crippen molar-refractivity contribution in [3.63, 3.8) is 0 Å². The van der Waals surface area contributed by atoms with Gasteiger partial charge in [0, 0.05) is 18.6 Å². The summed E-state index contributed by atoms with van der Waals surface area (Å²) >= 11 is 0. The number of rotatable bonds is 3. The lowest BCUT2D eigenvalue weighted by Gasteiger charge is -2.05. The van der Waals surface area contributed by atoms with E-state index in [-0.39, 0.29) is 17.2 Å². The molecule has 80 valence electrons. The van der Waals surface area contributed by atoms with Gasteiger partial charge in [-0.1, -0.05) is 0 Å². The fraction of sp³-hybridized carbons (Fsp3) is 0. The van der Waals surface area contributed by atoms with Crippen molar-refractivity contribution in [2.45, 2.75) is 0 Å². The first kappa shape index (κ1) is 10.0. The minimum Gasteiger partial charge on any atom is -0.478 e. The molecule has 0 atom stereocenters. The number of nitrogens with zero attached hydrogens (tertiary/aromatic N) is 3. The van der Waals surface area contributed by atoms with Gasteiger partial charge in [-0.2, -0.15) is 0 Å². The van der Waals surface area contributed by atoms with E-state index in [9.17, 15) is 4.79 Å². The maximum Gasteiger partial charge on any atom is 0.339 e. The number of aromatic carboxylic acids is 1. The highest BCUT2D eigenvalue weighted by Gasteiger charge is 2.11. The summed E-state index contributed by atoms with van der Waals surface area (Å²) in [5, 5.41) is 8.90. The molecule has 0 spiro atoms. The van der Waals surface area contributed by atoms with Crippen LogP contribution >= 0.6 is 0 Å². The van der Waals surface area contributed by atoms with Crippen molar-refractivity contribution in [1.29, 1.82) is 0 Å². The zero-order valence-electron chi connectivity index (χ0n) is 8.07. The van der Waals surface area contributed by atoms with Crippen LogP contribution in [-0.4, -0.2) is 26.0 Å². The molecule has 6 nitrogen and oxygen atoms in total. The highest BCUT2D eigenvalue weighted by Crippen LogP contribution is 2.21. The van der Waals surface area contributed by atoms with Gasteiger partial charge < -0.3 is 9.84 Å². The maximum absolute atomic E-state index is 10.9. The molecule has 6 heteroatoms. The first-order valence-corrected chi connectivity index (χ1v) is 4.38. The van der Waals surface area contributed by atoms with E-state index in [0.717, 1.165) is 0 Å². The second-order valence-electron chi connectivity index (χ2n) is 2.82. The Morgan fingerprint density at radius 2 is 2.00 bits per heavy atom. The average molecular weight is 217 g/mol. The Morgan fingerprint density at radius 3 is 2.69 bits per heavy atom. The zero-order valence-corrected chi connectivity index (χ0v) is 8.07. The largest absolute Gasteiger partial charge is 0.478 e. The number of hydrogen-bond acceptors (Lipinski definition) is 5. The summed E-state index contributed by atoms with van der Waals surface area (Å²) in [7, 11) is 0. The van der Waals surface area contributed by atoms with Crippen LogP contribution in [-0.2, 0) is 0 Å². The number of hydrogen-bond donors (Lipinski definition) is 1. The molecule has 2 heterocycles. The van der Waals surface area contributed by atoms with E-state index in [2.05, 4.69) is 15.0 Å². The van der Waals surface area contributed by atoms with Gasteiger partial charge in [0.2, 0.25) is 5.88 Å². The second-order valence-corrected chi connectivity index (χ2v) is 2.82. The predicted octanol–water partition coefficient (Wildman–Crippen LogP) is 1.36. The Bertz CT molecular complexity index is 502. The van der Waals surface area contributed by atoms with Crippen molar-refractivity contribution < 1.29 is 14.6 Å². The van der Waals surface area contributed by atoms with E-state index >= 15 is 0 Å². The van der Waals surface area contributed by atoms with Gasteiger partial charge in [-0.15, -0.1) is 0 Å². The van der Waals surface area contributed by atoms with Crippen molar-refractivity contribution in [1.82, 2.24) is 15.0 Å². The van der Waals surface area contributed by atoms with Crippen molar-refractivity contribution in [2.75, 3.05) is 0 Å². The molecule has 0 unspecified atom stereocenters. The molecule has 0 saturated heterocycles. The van der Waals surface area contributed by atoms with Crippen LogP contribution in [0.4, 0.5) is 0 Å². The number of aromatic nitrogens is 3. The Balaban J connectivity index is 2.31. The fourth-order valence-electron chi connectivity index (χ4n) is 1.09. The first-order chi connectivity index (χ1) is 7.77. The summed E-state index contributed by atoms with van der Waals surface area (Å²) in [6.07, 6.45) is 7.03. The number of pyridine rings is 1. The molecule has 0 saturated carbocycles. The van der Waals surface area contributed by atoms with Crippen LogP contribution in [0.25, 0.3) is 0 Å². The van der Waals surface area contributed by atoms with Gasteiger partial charge in [0.05, 0.1) is 12.4 Å². The first-order valence-electron chi connectivity index (χ1n) is 4.38. The minimum absolute atomic E-state index is 0.0284. The summed E-state index contributed by atoms with van der Waals surface area (Å²) in [6.45, 7) is 0. The highest BCUT2D eigenvalue weighted by atomic mass is 16.5. The van der Waals surface area contributed by atoms with E-state index in [4.69, 9.17) is 9.84 Å². The van der Waals surface area contributed by atoms with E-state index in [1.807, 2.05) is 0 Å². The lowest BCUT2D eigenvalue weighted by Crippen LogP contribution is -2.01. The minimum atomic E-state index is -1.08. The molecular weight excluding hydrogens is 210 g/mol. The van der Waals surface area contributed by atoms with Crippen LogP contribution in [0.1, 0.15) is 10.4 Å². The van der Waals surface area contributed by atoms with Crippen molar-refractivity contribution in [3.8, 4) is 11.6 Å².